The monoisotopic (exact) mass is 481 g/mol. The first-order valence-corrected chi connectivity index (χ1v) is 12.7. The smallest absolute Gasteiger partial charge is 0.262 e. The minimum atomic E-state index is 0.0580. The van der Waals surface area contributed by atoms with E-state index in [9.17, 15) is 4.79 Å². The Morgan fingerprint density at radius 1 is 1.06 bits per heavy atom. The first kappa shape index (κ1) is 20.5. The number of ether oxygens (including phenoxy) is 2. The number of anilines is 1. The summed E-state index contributed by atoms with van der Waals surface area (Å²) in [5.74, 6) is 1.57. The molecule has 0 amide bonds. The summed E-state index contributed by atoms with van der Waals surface area (Å²) in [6.45, 7) is 0.792. The number of aryl methyl sites for hydroxylation is 1. The topological polar surface area (TPSA) is 65.4 Å². The molecule has 1 aliphatic carbocycles. The van der Waals surface area contributed by atoms with Crippen LogP contribution in [0, 0.1) is 0 Å². The minimum absolute atomic E-state index is 0.0580. The van der Waals surface area contributed by atoms with Gasteiger partial charge in [0, 0.05) is 29.1 Å². The van der Waals surface area contributed by atoms with Gasteiger partial charge in [-0.3, -0.25) is 9.36 Å². The zero-order valence-corrected chi connectivity index (χ0v) is 19.8. The van der Waals surface area contributed by atoms with Crippen LogP contribution >= 0.6 is 11.3 Å². The summed E-state index contributed by atoms with van der Waals surface area (Å²) in [5.41, 5.74) is 3.39. The number of nitrogens with zero attached hydrogens (tertiary/aromatic N) is 2. The molecular weight excluding hydrogens is 458 g/mol. The van der Waals surface area contributed by atoms with Gasteiger partial charge in [0.15, 0.2) is 11.5 Å². The maximum atomic E-state index is 13.6. The van der Waals surface area contributed by atoms with Crippen LogP contribution in [0.1, 0.15) is 22.4 Å². The van der Waals surface area contributed by atoms with Crippen LogP contribution in [0.4, 0.5) is 5.69 Å². The van der Waals surface area contributed by atoms with Gasteiger partial charge in [0.2, 0.25) is 6.79 Å². The Kier molecular flexibility index (Phi) is 4.77. The van der Waals surface area contributed by atoms with Crippen molar-refractivity contribution in [3.63, 3.8) is 0 Å². The van der Waals surface area contributed by atoms with Gasteiger partial charge in [-0.2, -0.15) is 0 Å². The molecule has 1 N–H and O–H groups in total. The third-order valence-electron chi connectivity index (χ3n) is 7.00. The molecule has 7 rings (SSSR count). The number of rotatable bonds is 4. The molecule has 3 heterocycles. The lowest BCUT2D eigenvalue weighted by Crippen LogP contribution is -2.27. The largest absolute Gasteiger partial charge is 0.454 e. The molecule has 0 bridgehead atoms. The average molecular weight is 482 g/mol. The number of nitrogens with one attached hydrogen (secondary N) is 1. The molecule has 1 atom stereocenters. The molecule has 2 aliphatic rings. The first-order valence-electron chi connectivity index (χ1n) is 11.9. The second-order valence-corrected chi connectivity index (χ2v) is 10.2. The maximum absolute atomic E-state index is 13.6. The summed E-state index contributed by atoms with van der Waals surface area (Å²) in [4.78, 5) is 20.4. The quantitative estimate of drug-likeness (QED) is 0.375. The van der Waals surface area contributed by atoms with Crippen LogP contribution in [0.2, 0.25) is 0 Å². The molecule has 1 unspecified atom stereocenters. The molecule has 7 heteroatoms. The molecular formula is C28H23N3O3S. The van der Waals surface area contributed by atoms with Crippen LogP contribution in [0.3, 0.4) is 0 Å². The van der Waals surface area contributed by atoms with Gasteiger partial charge < -0.3 is 14.8 Å². The van der Waals surface area contributed by atoms with Crippen molar-refractivity contribution in [2.45, 2.75) is 31.8 Å². The second-order valence-electron chi connectivity index (χ2n) is 9.15. The van der Waals surface area contributed by atoms with Crippen LogP contribution in [0.25, 0.3) is 21.0 Å². The van der Waals surface area contributed by atoms with Crippen LogP contribution in [-0.4, -0.2) is 22.4 Å². The SMILES string of the molecule is O=c1c2c3c(sc2ncn1Cc1cccc2ccccc12)CC(Nc1ccc2c(c1)OCO2)CC3. The third-order valence-corrected chi connectivity index (χ3v) is 8.16. The van der Waals surface area contributed by atoms with Gasteiger partial charge in [-0.05, 0) is 46.9 Å². The number of hydrogen-bond acceptors (Lipinski definition) is 6. The van der Waals surface area contributed by atoms with E-state index in [1.165, 1.54) is 21.2 Å². The van der Waals surface area contributed by atoms with E-state index >= 15 is 0 Å². The Balaban J connectivity index is 1.18. The van der Waals surface area contributed by atoms with Gasteiger partial charge in [0.05, 0.1) is 18.3 Å². The molecule has 0 radical (unpaired) electrons. The summed E-state index contributed by atoms with van der Waals surface area (Å²) in [5, 5.41) is 6.79. The molecule has 6 nitrogen and oxygen atoms in total. The van der Waals surface area contributed by atoms with E-state index in [1.807, 2.05) is 30.3 Å². The summed E-state index contributed by atoms with van der Waals surface area (Å²) in [6.07, 6.45) is 4.42. The van der Waals surface area contributed by atoms with E-state index in [1.54, 1.807) is 22.2 Å². The summed E-state index contributed by atoms with van der Waals surface area (Å²) in [6, 6.07) is 20.8. The van der Waals surface area contributed by atoms with Crippen molar-refractivity contribution in [3.05, 3.63) is 93.3 Å². The average Bonchev–Trinajstić information content (AvgIpc) is 3.50. The van der Waals surface area contributed by atoms with Gasteiger partial charge in [-0.25, -0.2) is 4.98 Å². The molecule has 35 heavy (non-hydrogen) atoms. The Labute approximate surface area is 205 Å². The van der Waals surface area contributed by atoms with E-state index in [-0.39, 0.29) is 12.4 Å². The van der Waals surface area contributed by atoms with Crippen LogP contribution in [0.15, 0.2) is 71.8 Å². The van der Waals surface area contributed by atoms with Gasteiger partial charge in [-0.15, -0.1) is 11.3 Å². The zero-order chi connectivity index (χ0) is 23.4. The Hall–Kier alpha value is -3.84. The van der Waals surface area contributed by atoms with E-state index in [2.05, 4.69) is 35.6 Å². The fourth-order valence-electron chi connectivity index (χ4n) is 5.27. The van der Waals surface area contributed by atoms with E-state index in [0.717, 1.165) is 52.2 Å². The first-order chi connectivity index (χ1) is 17.2. The Bertz CT molecular complexity index is 1650. The second kappa shape index (κ2) is 8.13. The highest BCUT2D eigenvalue weighted by Gasteiger charge is 2.26. The van der Waals surface area contributed by atoms with Crippen molar-refractivity contribution < 1.29 is 9.47 Å². The predicted molar refractivity (Wildman–Crippen MR) is 139 cm³/mol. The van der Waals surface area contributed by atoms with Crippen LogP contribution < -0.4 is 20.3 Å². The fourth-order valence-corrected chi connectivity index (χ4v) is 6.53. The normalized spacial score (nSPS) is 16.5. The summed E-state index contributed by atoms with van der Waals surface area (Å²) in [7, 11) is 0. The number of benzene rings is 3. The van der Waals surface area contributed by atoms with Crippen LogP contribution in [-0.2, 0) is 19.4 Å². The summed E-state index contributed by atoms with van der Waals surface area (Å²) < 4.78 is 12.7. The lowest BCUT2D eigenvalue weighted by atomic mass is 9.93. The van der Waals surface area contributed by atoms with Crippen molar-refractivity contribution in [3.8, 4) is 11.5 Å². The molecule has 1 aliphatic heterocycles. The van der Waals surface area contributed by atoms with Crippen LogP contribution in [0.5, 0.6) is 11.5 Å². The standard InChI is InChI=1S/C28H23N3O3S/c32-28-26-22-10-8-20(30-19-9-11-23-24(12-19)34-16-33-23)13-25(22)35-27(26)29-15-31(28)14-18-6-3-5-17-4-1-2-7-21(17)18/h1-7,9,11-12,15,20,30H,8,10,13-14,16H2. The fraction of sp³-hybridized carbons (Fsp3) is 0.214. The van der Waals surface area contributed by atoms with Crippen molar-refractivity contribution >= 4 is 38.0 Å². The third kappa shape index (κ3) is 3.54. The van der Waals surface area contributed by atoms with Gasteiger partial charge in [0.25, 0.3) is 5.56 Å². The molecule has 174 valence electrons. The van der Waals surface area contributed by atoms with Gasteiger partial charge >= 0.3 is 0 Å². The molecule has 3 aromatic carbocycles. The number of aromatic nitrogens is 2. The van der Waals surface area contributed by atoms with E-state index in [4.69, 9.17) is 14.5 Å². The van der Waals surface area contributed by atoms with Gasteiger partial charge in [0.1, 0.15) is 4.83 Å². The highest BCUT2D eigenvalue weighted by atomic mass is 32.1. The highest BCUT2D eigenvalue weighted by molar-refractivity contribution is 7.18. The number of hydrogen-bond donors (Lipinski definition) is 1. The Morgan fingerprint density at radius 3 is 2.91 bits per heavy atom. The predicted octanol–water partition coefficient (Wildman–Crippen LogP) is 5.36. The molecule has 0 saturated carbocycles. The van der Waals surface area contributed by atoms with Crippen molar-refractivity contribution in [2.75, 3.05) is 12.1 Å². The van der Waals surface area contributed by atoms with E-state index < -0.39 is 0 Å². The maximum Gasteiger partial charge on any atom is 0.262 e. The van der Waals surface area contributed by atoms with Crippen molar-refractivity contribution in [2.24, 2.45) is 0 Å². The van der Waals surface area contributed by atoms with Gasteiger partial charge in [-0.1, -0.05) is 42.5 Å². The summed E-state index contributed by atoms with van der Waals surface area (Å²) >= 11 is 1.66. The Morgan fingerprint density at radius 2 is 1.94 bits per heavy atom. The highest BCUT2D eigenvalue weighted by Crippen LogP contribution is 2.37. The molecule has 5 aromatic rings. The van der Waals surface area contributed by atoms with E-state index in [0.29, 0.717) is 12.6 Å². The molecule has 2 aromatic heterocycles. The van der Waals surface area contributed by atoms with Crippen molar-refractivity contribution in [1.29, 1.82) is 0 Å². The lowest BCUT2D eigenvalue weighted by Gasteiger charge is -2.24. The molecule has 0 fully saturated rings. The number of thiophene rings is 1. The molecule has 0 spiro atoms. The molecule has 0 saturated heterocycles. The lowest BCUT2D eigenvalue weighted by molar-refractivity contribution is 0.174. The van der Waals surface area contributed by atoms with Crippen molar-refractivity contribution in [1.82, 2.24) is 9.55 Å². The number of fused-ring (bicyclic) bond motifs is 5. The minimum Gasteiger partial charge on any atom is -0.454 e. The zero-order valence-electron chi connectivity index (χ0n) is 19.0.